The monoisotopic (exact) mass is 287 g/mol. The molecule has 0 fully saturated rings. The van der Waals surface area contributed by atoms with Gasteiger partial charge in [0.1, 0.15) is 11.6 Å². The SMILES string of the molecule is O=C(CN1Cc2ccccc2C1=O)c1cc(F)ccc1F. The van der Waals surface area contributed by atoms with Crippen molar-refractivity contribution in [1.29, 1.82) is 0 Å². The Bertz CT molecular complexity index is 743. The number of Topliss-reactive ketones (excluding diaryl/α,β-unsaturated/α-hetero) is 1. The first-order chi connectivity index (χ1) is 10.1. The molecule has 5 heteroatoms. The normalized spacial score (nSPS) is 13.4. The summed E-state index contributed by atoms with van der Waals surface area (Å²) in [5.41, 5.74) is 1.04. The number of carbonyl (C=O) groups is 2. The van der Waals surface area contributed by atoms with Gasteiger partial charge in [-0.25, -0.2) is 8.78 Å². The van der Waals surface area contributed by atoms with Crippen molar-refractivity contribution < 1.29 is 18.4 Å². The minimum atomic E-state index is -0.787. The maximum Gasteiger partial charge on any atom is 0.254 e. The molecule has 0 unspecified atom stereocenters. The van der Waals surface area contributed by atoms with E-state index in [0.29, 0.717) is 12.1 Å². The van der Waals surface area contributed by atoms with E-state index in [2.05, 4.69) is 0 Å². The van der Waals surface area contributed by atoms with E-state index in [1.165, 1.54) is 4.90 Å². The third-order valence-corrected chi connectivity index (χ3v) is 3.46. The van der Waals surface area contributed by atoms with E-state index in [1.807, 2.05) is 6.07 Å². The highest BCUT2D eigenvalue weighted by Gasteiger charge is 2.29. The van der Waals surface area contributed by atoms with Crippen LogP contribution in [0.15, 0.2) is 42.5 Å². The molecule has 0 spiro atoms. The fraction of sp³-hybridized carbons (Fsp3) is 0.125. The molecule has 2 aromatic carbocycles. The van der Waals surface area contributed by atoms with Crippen LogP contribution in [0.4, 0.5) is 8.78 Å². The molecule has 21 heavy (non-hydrogen) atoms. The van der Waals surface area contributed by atoms with Gasteiger partial charge in [0.25, 0.3) is 5.91 Å². The van der Waals surface area contributed by atoms with Crippen molar-refractivity contribution in [2.45, 2.75) is 6.54 Å². The van der Waals surface area contributed by atoms with Crippen LogP contribution in [-0.4, -0.2) is 23.1 Å². The standard InChI is InChI=1S/C16H11F2NO2/c17-11-5-6-14(18)13(7-11)15(20)9-19-8-10-3-1-2-4-12(10)16(19)21/h1-7H,8-9H2. The minimum Gasteiger partial charge on any atom is -0.327 e. The molecule has 106 valence electrons. The molecule has 0 radical (unpaired) electrons. The number of hydrogen-bond acceptors (Lipinski definition) is 2. The summed E-state index contributed by atoms with van der Waals surface area (Å²) in [5, 5.41) is 0. The smallest absolute Gasteiger partial charge is 0.254 e. The van der Waals surface area contributed by atoms with Gasteiger partial charge in [0.15, 0.2) is 5.78 Å². The third kappa shape index (κ3) is 2.42. The average Bonchev–Trinajstić information content (AvgIpc) is 2.78. The van der Waals surface area contributed by atoms with Gasteiger partial charge in [0.05, 0.1) is 12.1 Å². The van der Waals surface area contributed by atoms with Gasteiger partial charge in [-0.05, 0) is 29.8 Å². The molecule has 0 N–H and O–H groups in total. The molecule has 1 heterocycles. The molecule has 0 bridgehead atoms. The Labute approximate surface area is 119 Å². The Morgan fingerprint density at radius 1 is 1.14 bits per heavy atom. The van der Waals surface area contributed by atoms with E-state index < -0.39 is 17.4 Å². The highest BCUT2D eigenvalue weighted by atomic mass is 19.1. The zero-order valence-corrected chi connectivity index (χ0v) is 11.0. The second-order valence-electron chi connectivity index (χ2n) is 4.87. The largest absolute Gasteiger partial charge is 0.327 e. The number of fused-ring (bicyclic) bond motifs is 1. The lowest BCUT2D eigenvalue weighted by Gasteiger charge is -2.14. The number of rotatable bonds is 3. The van der Waals surface area contributed by atoms with Crippen molar-refractivity contribution in [3.63, 3.8) is 0 Å². The van der Waals surface area contributed by atoms with E-state index in [4.69, 9.17) is 0 Å². The van der Waals surface area contributed by atoms with Gasteiger partial charge in [-0.2, -0.15) is 0 Å². The highest BCUT2D eigenvalue weighted by Crippen LogP contribution is 2.22. The first-order valence-corrected chi connectivity index (χ1v) is 6.41. The van der Waals surface area contributed by atoms with E-state index in [-0.39, 0.29) is 18.0 Å². The summed E-state index contributed by atoms with van der Waals surface area (Å²) in [5.74, 6) is -2.36. The molecule has 0 saturated carbocycles. The molecule has 3 rings (SSSR count). The number of benzene rings is 2. The third-order valence-electron chi connectivity index (χ3n) is 3.46. The maximum atomic E-state index is 13.6. The van der Waals surface area contributed by atoms with Crippen LogP contribution in [-0.2, 0) is 6.54 Å². The van der Waals surface area contributed by atoms with Crippen LogP contribution in [0.5, 0.6) is 0 Å². The summed E-state index contributed by atoms with van der Waals surface area (Å²) in [6.45, 7) is 0.0333. The summed E-state index contributed by atoms with van der Waals surface area (Å²) in [6.07, 6.45) is 0. The predicted molar refractivity (Wildman–Crippen MR) is 71.9 cm³/mol. The molecular formula is C16H11F2NO2. The molecular weight excluding hydrogens is 276 g/mol. The van der Waals surface area contributed by atoms with E-state index >= 15 is 0 Å². The second kappa shape index (κ2) is 5.09. The van der Waals surface area contributed by atoms with Crippen molar-refractivity contribution in [1.82, 2.24) is 4.90 Å². The first kappa shape index (κ1) is 13.4. The van der Waals surface area contributed by atoms with Gasteiger partial charge in [-0.15, -0.1) is 0 Å². The number of ketones is 1. The molecule has 2 aromatic rings. The minimum absolute atomic E-state index is 0.268. The zero-order valence-electron chi connectivity index (χ0n) is 11.0. The van der Waals surface area contributed by atoms with Crippen molar-refractivity contribution in [2.24, 2.45) is 0 Å². The number of nitrogens with zero attached hydrogens (tertiary/aromatic N) is 1. The number of hydrogen-bond donors (Lipinski definition) is 0. The van der Waals surface area contributed by atoms with Gasteiger partial charge >= 0.3 is 0 Å². The van der Waals surface area contributed by atoms with Crippen LogP contribution in [0.25, 0.3) is 0 Å². The Morgan fingerprint density at radius 3 is 2.67 bits per heavy atom. The second-order valence-corrected chi connectivity index (χ2v) is 4.87. The topological polar surface area (TPSA) is 37.4 Å². The van der Waals surface area contributed by atoms with Crippen LogP contribution in [0.1, 0.15) is 26.3 Å². The first-order valence-electron chi connectivity index (χ1n) is 6.41. The molecule has 0 aliphatic carbocycles. The summed E-state index contributed by atoms with van der Waals surface area (Å²) >= 11 is 0. The highest BCUT2D eigenvalue weighted by molar-refractivity contribution is 6.04. The van der Waals surface area contributed by atoms with Gasteiger partial charge < -0.3 is 4.90 Å². The number of amides is 1. The van der Waals surface area contributed by atoms with Gasteiger partial charge in [0, 0.05) is 12.1 Å². The Balaban J connectivity index is 1.81. The summed E-state index contributed by atoms with van der Waals surface area (Å²) in [7, 11) is 0. The Kier molecular flexibility index (Phi) is 3.25. The van der Waals surface area contributed by atoms with Crippen molar-refractivity contribution in [3.8, 4) is 0 Å². The van der Waals surface area contributed by atoms with E-state index in [0.717, 1.165) is 23.8 Å². The molecule has 0 saturated heterocycles. The summed E-state index contributed by atoms with van der Waals surface area (Å²) < 4.78 is 26.7. The molecule has 0 aromatic heterocycles. The quantitative estimate of drug-likeness (QED) is 0.814. The van der Waals surface area contributed by atoms with Crippen LogP contribution in [0, 0.1) is 11.6 Å². The number of halogens is 2. The number of carbonyl (C=O) groups excluding carboxylic acids is 2. The molecule has 0 atom stereocenters. The molecule has 1 aliphatic heterocycles. The fourth-order valence-electron chi connectivity index (χ4n) is 2.41. The van der Waals surface area contributed by atoms with Gasteiger partial charge in [-0.3, -0.25) is 9.59 Å². The average molecular weight is 287 g/mol. The van der Waals surface area contributed by atoms with Crippen molar-refractivity contribution in [2.75, 3.05) is 6.54 Å². The summed E-state index contributed by atoms with van der Waals surface area (Å²) in [4.78, 5) is 25.5. The van der Waals surface area contributed by atoms with Crippen LogP contribution < -0.4 is 0 Å². The molecule has 1 amide bonds. The lowest BCUT2D eigenvalue weighted by atomic mass is 10.1. The lowest BCUT2D eigenvalue weighted by molar-refractivity contribution is 0.0727. The van der Waals surface area contributed by atoms with E-state index in [9.17, 15) is 18.4 Å². The van der Waals surface area contributed by atoms with Crippen LogP contribution in [0.2, 0.25) is 0 Å². The molecule has 3 nitrogen and oxygen atoms in total. The van der Waals surface area contributed by atoms with Crippen molar-refractivity contribution in [3.05, 3.63) is 70.8 Å². The Hall–Kier alpha value is -2.56. The Morgan fingerprint density at radius 2 is 1.90 bits per heavy atom. The van der Waals surface area contributed by atoms with Crippen LogP contribution in [0.3, 0.4) is 0 Å². The van der Waals surface area contributed by atoms with E-state index in [1.54, 1.807) is 18.2 Å². The predicted octanol–water partition coefficient (Wildman–Crippen LogP) is 2.80. The lowest BCUT2D eigenvalue weighted by Crippen LogP contribution is -2.30. The van der Waals surface area contributed by atoms with Gasteiger partial charge in [-0.1, -0.05) is 18.2 Å². The maximum absolute atomic E-state index is 13.6. The zero-order chi connectivity index (χ0) is 15.0. The summed E-state index contributed by atoms with van der Waals surface area (Å²) in [6, 6.07) is 9.75. The van der Waals surface area contributed by atoms with Crippen molar-refractivity contribution >= 4 is 11.7 Å². The molecule has 1 aliphatic rings. The fourth-order valence-corrected chi connectivity index (χ4v) is 2.41. The van der Waals surface area contributed by atoms with Gasteiger partial charge in [0.2, 0.25) is 0 Å². The van der Waals surface area contributed by atoms with Crippen LogP contribution >= 0.6 is 0 Å².